The number of alkyl halides is 3. The van der Waals surface area contributed by atoms with Crippen molar-refractivity contribution in [2.75, 3.05) is 19.7 Å². The Labute approximate surface area is 173 Å². The van der Waals surface area contributed by atoms with Crippen molar-refractivity contribution >= 4 is 0 Å². The Balaban J connectivity index is 1.55. The molecule has 2 aromatic heterocycles. The van der Waals surface area contributed by atoms with Crippen LogP contribution in [0.4, 0.5) is 13.2 Å². The zero-order valence-corrected chi connectivity index (χ0v) is 17.4. The molecular weight excluding hydrogens is 397 g/mol. The lowest BCUT2D eigenvalue weighted by Crippen LogP contribution is -2.45. The van der Waals surface area contributed by atoms with Gasteiger partial charge in [-0.2, -0.15) is 18.3 Å². The second kappa shape index (κ2) is 8.22. The van der Waals surface area contributed by atoms with E-state index >= 15 is 0 Å². The molecule has 0 radical (unpaired) electrons. The average Bonchev–Trinajstić information content (AvgIpc) is 3.35. The number of morpholine rings is 1. The van der Waals surface area contributed by atoms with E-state index < -0.39 is 12.0 Å². The summed E-state index contributed by atoms with van der Waals surface area (Å²) >= 11 is 0. The van der Waals surface area contributed by atoms with E-state index in [9.17, 15) is 13.2 Å². The minimum Gasteiger partial charge on any atom is -0.376 e. The maximum absolute atomic E-state index is 12.7. The third-order valence-electron chi connectivity index (χ3n) is 5.87. The Bertz CT molecular complexity index is 866. The summed E-state index contributed by atoms with van der Waals surface area (Å²) in [6.45, 7) is 8.83. The van der Waals surface area contributed by atoms with E-state index in [0.717, 1.165) is 57.2 Å². The molecule has 2 aromatic rings. The zero-order chi connectivity index (χ0) is 21.5. The topological polar surface area (TPSA) is 69.0 Å². The van der Waals surface area contributed by atoms with E-state index in [1.807, 2.05) is 18.5 Å². The lowest BCUT2D eigenvalue weighted by Gasteiger charge is -2.35. The Morgan fingerprint density at radius 2 is 1.90 bits per heavy atom. The molecule has 3 heterocycles. The van der Waals surface area contributed by atoms with E-state index in [4.69, 9.17) is 9.72 Å². The van der Waals surface area contributed by atoms with Gasteiger partial charge >= 0.3 is 6.18 Å². The van der Waals surface area contributed by atoms with Crippen LogP contribution in [0.25, 0.3) is 11.4 Å². The molecule has 10 heteroatoms. The highest BCUT2D eigenvalue weighted by atomic mass is 19.4. The predicted molar refractivity (Wildman–Crippen MR) is 104 cm³/mol. The van der Waals surface area contributed by atoms with Crippen LogP contribution in [0, 0.1) is 0 Å². The van der Waals surface area contributed by atoms with Crippen molar-refractivity contribution in [3.63, 3.8) is 0 Å². The van der Waals surface area contributed by atoms with Crippen LogP contribution in [0.15, 0.2) is 12.4 Å². The average molecular weight is 424 g/mol. The first-order chi connectivity index (χ1) is 14.2. The van der Waals surface area contributed by atoms with Gasteiger partial charge in [0.1, 0.15) is 5.82 Å². The molecule has 3 atom stereocenters. The van der Waals surface area contributed by atoms with Crippen LogP contribution in [0.1, 0.15) is 63.6 Å². The molecule has 0 N–H and O–H groups in total. The normalized spacial score (nSPS) is 25.9. The minimum atomic E-state index is -4.57. The van der Waals surface area contributed by atoms with E-state index in [-0.39, 0.29) is 18.1 Å². The molecule has 4 rings (SSSR count). The van der Waals surface area contributed by atoms with Gasteiger partial charge in [-0.1, -0.05) is 0 Å². The van der Waals surface area contributed by atoms with Crippen LogP contribution in [-0.4, -0.2) is 61.5 Å². The van der Waals surface area contributed by atoms with Gasteiger partial charge in [0, 0.05) is 43.5 Å². The van der Waals surface area contributed by atoms with Gasteiger partial charge in [0.2, 0.25) is 5.82 Å². The largest absolute Gasteiger partial charge is 0.451 e. The van der Waals surface area contributed by atoms with Crippen LogP contribution < -0.4 is 0 Å². The van der Waals surface area contributed by atoms with E-state index in [2.05, 4.69) is 26.9 Å². The molecule has 0 amide bonds. The quantitative estimate of drug-likeness (QED) is 0.746. The summed E-state index contributed by atoms with van der Waals surface area (Å²) in [7, 11) is 0. The molecule has 0 spiro atoms. The van der Waals surface area contributed by atoms with Gasteiger partial charge in [0.25, 0.3) is 0 Å². The highest BCUT2D eigenvalue weighted by Crippen LogP contribution is 2.38. The van der Waals surface area contributed by atoms with Crippen LogP contribution in [-0.2, 0) is 10.9 Å². The highest BCUT2D eigenvalue weighted by molar-refractivity contribution is 5.51. The summed E-state index contributed by atoms with van der Waals surface area (Å²) in [5.41, 5.74) is 0.389. The van der Waals surface area contributed by atoms with Gasteiger partial charge in [-0.15, -0.1) is 0 Å². The third kappa shape index (κ3) is 4.34. The molecule has 1 aliphatic carbocycles. The van der Waals surface area contributed by atoms with Crippen LogP contribution >= 0.6 is 0 Å². The number of rotatable bonds is 4. The van der Waals surface area contributed by atoms with Crippen molar-refractivity contribution in [1.82, 2.24) is 29.6 Å². The number of aromatic nitrogens is 5. The zero-order valence-electron chi connectivity index (χ0n) is 17.4. The Morgan fingerprint density at radius 3 is 2.53 bits per heavy atom. The summed E-state index contributed by atoms with van der Waals surface area (Å²) in [4.78, 5) is 14.1. The molecule has 2 aliphatic rings. The number of halogens is 3. The summed E-state index contributed by atoms with van der Waals surface area (Å²) in [6.07, 6.45) is 1.10. The number of hydrogen-bond donors (Lipinski definition) is 0. The van der Waals surface area contributed by atoms with Crippen molar-refractivity contribution in [2.45, 2.75) is 70.3 Å². The third-order valence-corrected chi connectivity index (χ3v) is 5.87. The fourth-order valence-corrected chi connectivity index (χ4v) is 4.41. The molecule has 30 heavy (non-hydrogen) atoms. The van der Waals surface area contributed by atoms with Crippen LogP contribution in [0.5, 0.6) is 0 Å². The molecule has 164 valence electrons. The molecule has 0 unspecified atom stereocenters. The number of hydrogen-bond acceptors (Lipinski definition) is 6. The smallest absolute Gasteiger partial charge is 0.376 e. The van der Waals surface area contributed by atoms with Crippen LogP contribution in [0.3, 0.4) is 0 Å². The maximum atomic E-state index is 12.7. The highest BCUT2D eigenvalue weighted by Gasteiger charge is 2.36. The molecule has 0 bridgehead atoms. The molecule has 0 aromatic carbocycles. The second-order valence-corrected chi connectivity index (χ2v) is 8.47. The van der Waals surface area contributed by atoms with Crippen molar-refractivity contribution in [2.24, 2.45) is 0 Å². The molecule has 2 fully saturated rings. The van der Waals surface area contributed by atoms with Crippen molar-refractivity contribution in [3.05, 3.63) is 24.0 Å². The maximum Gasteiger partial charge on any atom is 0.451 e. The second-order valence-electron chi connectivity index (χ2n) is 8.47. The van der Waals surface area contributed by atoms with Gasteiger partial charge in [0.15, 0.2) is 5.82 Å². The number of ether oxygens (including phenoxy) is 1. The Hall–Kier alpha value is -2.07. The van der Waals surface area contributed by atoms with Gasteiger partial charge in [-0.25, -0.2) is 19.6 Å². The summed E-state index contributed by atoms with van der Waals surface area (Å²) in [5, 5.41) is 4.58. The van der Waals surface area contributed by atoms with Gasteiger partial charge in [-0.3, -0.25) is 4.90 Å². The molecule has 1 saturated heterocycles. The molecule has 7 nitrogen and oxygen atoms in total. The fraction of sp³-hybridized carbons (Fsp3) is 0.700. The van der Waals surface area contributed by atoms with E-state index in [0.29, 0.717) is 17.4 Å². The Kier molecular flexibility index (Phi) is 5.80. The van der Waals surface area contributed by atoms with Crippen LogP contribution in [0.2, 0.25) is 0 Å². The molecule has 1 aliphatic heterocycles. The van der Waals surface area contributed by atoms with Gasteiger partial charge < -0.3 is 4.74 Å². The monoisotopic (exact) mass is 424 g/mol. The summed E-state index contributed by atoms with van der Waals surface area (Å²) < 4.78 is 45.8. The first kappa shape index (κ1) is 21.2. The van der Waals surface area contributed by atoms with Crippen molar-refractivity contribution < 1.29 is 17.9 Å². The van der Waals surface area contributed by atoms with E-state index in [1.165, 1.54) is 0 Å². The lowest BCUT2D eigenvalue weighted by molar-refractivity contribution is -0.144. The predicted octanol–water partition coefficient (Wildman–Crippen LogP) is 3.69. The lowest BCUT2D eigenvalue weighted by atomic mass is 10.1. The SMILES string of the molecule is CC(C)n1nc(-c2cnc(C(F)(F)F)nc2)nc1[C@H]1CC[C@@H](N2CCO[C@H](C)C2)C1. The summed E-state index contributed by atoms with van der Waals surface area (Å²) in [6, 6.07) is 0.593. The van der Waals surface area contributed by atoms with Crippen molar-refractivity contribution in [1.29, 1.82) is 0 Å². The van der Waals surface area contributed by atoms with Gasteiger partial charge in [0.05, 0.1) is 18.3 Å². The number of nitrogens with zero attached hydrogens (tertiary/aromatic N) is 6. The first-order valence-electron chi connectivity index (χ1n) is 10.4. The standard InChI is InChI=1S/C20H27F3N6O/c1-12(2)29-18(14-4-5-16(8-14)28-6-7-30-13(3)11-28)26-17(27-29)15-9-24-19(25-10-15)20(21,22)23/h9-10,12-14,16H,4-8,11H2,1-3H3/t13-,14+,16-/m1/s1. The Morgan fingerprint density at radius 1 is 1.17 bits per heavy atom. The molecule has 1 saturated carbocycles. The molecular formula is C20H27F3N6O. The summed E-state index contributed by atoms with van der Waals surface area (Å²) in [5.74, 6) is 0.375. The fourth-order valence-electron chi connectivity index (χ4n) is 4.41. The van der Waals surface area contributed by atoms with Crippen molar-refractivity contribution in [3.8, 4) is 11.4 Å². The van der Waals surface area contributed by atoms with E-state index in [1.54, 1.807) is 0 Å². The minimum absolute atomic E-state index is 0.0964. The first-order valence-corrected chi connectivity index (χ1v) is 10.4. The van der Waals surface area contributed by atoms with Gasteiger partial charge in [-0.05, 0) is 40.0 Å².